The quantitative estimate of drug-likeness (QED) is 0.367. The van der Waals surface area contributed by atoms with Gasteiger partial charge in [-0.3, -0.25) is 4.79 Å². The van der Waals surface area contributed by atoms with Crippen LogP contribution >= 0.6 is 0 Å². The molecule has 10 heteroatoms. The summed E-state index contributed by atoms with van der Waals surface area (Å²) in [5.41, 5.74) is 3.56. The van der Waals surface area contributed by atoms with Crippen molar-refractivity contribution in [3.8, 4) is 11.3 Å². The van der Waals surface area contributed by atoms with Crippen molar-refractivity contribution in [3.63, 3.8) is 0 Å². The fourth-order valence-corrected chi connectivity index (χ4v) is 4.85. The first-order valence-electron chi connectivity index (χ1n) is 11.0. The Morgan fingerprint density at radius 2 is 1.85 bits per heavy atom. The molecule has 1 saturated carbocycles. The molecule has 3 heterocycles. The van der Waals surface area contributed by atoms with Crippen molar-refractivity contribution < 1.29 is 17.6 Å². The molecule has 0 saturated heterocycles. The van der Waals surface area contributed by atoms with Crippen molar-refractivity contribution in [2.75, 3.05) is 16.9 Å². The van der Waals surface area contributed by atoms with E-state index in [4.69, 9.17) is 4.42 Å². The van der Waals surface area contributed by atoms with E-state index in [2.05, 4.69) is 25.6 Å². The maximum atomic E-state index is 12.7. The number of fused-ring (bicyclic) bond motifs is 1. The molecule has 1 amide bonds. The molecule has 176 valence electrons. The summed E-state index contributed by atoms with van der Waals surface area (Å²) >= 11 is 0. The van der Waals surface area contributed by atoms with Crippen LogP contribution in [0.4, 0.5) is 17.2 Å². The molecule has 1 aliphatic carbocycles. The van der Waals surface area contributed by atoms with Crippen LogP contribution in [-0.2, 0) is 14.6 Å². The van der Waals surface area contributed by atoms with Gasteiger partial charge >= 0.3 is 0 Å². The summed E-state index contributed by atoms with van der Waals surface area (Å²) < 4.78 is 31.2. The molecule has 9 nitrogen and oxygen atoms in total. The number of carbonyl (C=O) groups is 1. The number of anilines is 3. The summed E-state index contributed by atoms with van der Waals surface area (Å²) in [6.45, 7) is 5.57. The highest BCUT2D eigenvalue weighted by atomic mass is 32.2. The number of furan rings is 1. The van der Waals surface area contributed by atoms with Crippen LogP contribution in [0.5, 0.6) is 0 Å². The lowest BCUT2D eigenvalue weighted by atomic mass is 10.1. The summed E-state index contributed by atoms with van der Waals surface area (Å²) in [7, 11) is -3.59. The van der Waals surface area contributed by atoms with Gasteiger partial charge in [0.2, 0.25) is 5.91 Å². The fourth-order valence-electron chi connectivity index (χ4n) is 3.99. The second kappa shape index (κ2) is 7.98. The third-order valence-electron chi connectivity index (χ3n) is 5.72. The van der Waals surface area contributed by atoms with Gasteiger partial charge in [-0.15, -0.1) is 0 Å². The number of aryl methyl sites for hydroxylation is 3. The average molecular weight is 480 g/mol. The number of nitrogens with one attached hydrogen (secondary N) is 3. The molecule has 0 bridgehead atoms. The van der Waals surface area contributed by atoms with Crippen LogP contribution in [0.2, 0.25) is 0 Å². The van der Waals surface area contributed by atoms with Gasteiger partial charge in [0, 0.05) is 23.8 Å². The fraction of sp³-hybridized carbons (Fsp3) is 0.292. The number of aromatic amines is 1. The molecule has 1 fully saturated rings. The topological polar surface area (TPSA) is 130 Å². The van der Waals surface area contributed by atoms with Crippen LogP contribution in [0.3, 0.4) is 0 Å². The summed E-state index contributed by atoms with van der Waals surface area (Å²) in [5.74, 6) is 2.36. The molecule has 0 unspecified atom stereocenters. The molecule has 5 rings (SSSR count). The Morgan fingerprint density at radius 1 is 1.09 bits per heavy atom. The molecule has 0 radical (unpaired) electrons. The van der Waals surface area contributed by atoms with Gasteiger partial charge in [-0.05, 0) is 63.4 Å². The highest BCUT2D eigenvalue weighted by molar-refractivity contribution is 7.90. The number of aromatic nitrogens is 3. The normalized spacial score (nSPS) is 13.9. The standard InChI is InChI=1S/C24H25N5O4S/c1-12-9-13(2)33-22(12)16-7-8-17(19(10-16)34(4,31)32)27-18-11-20(29-24(30)15-5-6-15)28-23-21(18)25-14(3)26-23/h7-11,15H,5-6H2,1-4H3,(H3,25,26,27,28,29,30). The molecule has 3 aromatic heterocycles. The van der Waals surface area contributed by atoms with Crippen molar-refractivity contribution in [1.82, 2.24) is 15.0 Å². The highest BCUT2D eigenvalue weighted by Crippen LogP contribution is 2.35. The predicted octanol–water partition coefficient (Wildman–Crippen LogP) is 4.64. The van der Waals surface area contributed by atoms with Crippen LogP contribution in [0.25, 0.3) is 22.5 Å². The van der Waals surface area contributed by atoms with Crippen molar-refractivity contribution in [1.29, 1.82) is 0 Å². The van der Waals surface area contributed by atoms with Gasteiger partial charge in [0.15, 0.2) is 15.5 Å². The number of rotatable bonds is 6. The smallest absolute Gasteiger partial charge is 0.228 e. The Bertz CT molecular complexity index is 1550. The number of H-pyrrole nitrogens is 1. The molecule has 0 aliphatic heterocycles. The Morgan fingerprint density at radius 3 is 2.50 bits per heavy atom. The van der Waals surface area contributed by atoms with Crippen molar-refractivity contribution in [2.45, 2.75) is 38.5 Å². The second-order valence-electron chi connectivity index (χ2n) is 8.82. The number of sulfone groups is 1. The lowest BCUT2D eigenvalue weighted by Crippen LogP contribution is -2.14. The summed E-state index contributed by atoms with van der Waals surface area (Å²) in [6, 6.07) is 8.70. The minimum Gasteiger partial charge on any atom is -0.461 e. The number of amides is 1. The van der Waals surface area contributed by atoms with Gasteiger partial charge in [-0.25, -0.2) is 18.4 Å². The minimum atomic E-state index is -3.59. The van der Waals surface area contributed by atoms with E-state index in [0.29, 0.717) is 45.5 Å². The van der Waals surface area contributed by atoms with Crippen LogP contribution < -0.4 is 10.6 Å². The Balaban J connectivity index is 1.58. The molecular formula is C24H25N5O4S. The van der Waals surface area contributed by atoms with E-state index in [1.807, 2.05) is 26.0 Å². The molecule has 0 spiro atoms. The van der Waals surface area contributed by atoms with E-state index < -0.39 is 9.84 Å². The SMILES string of the molecule is Cc1nc2c(Nc3ccc(-c4oc(C)cc4C)cc3S(C)(=O)=O)cc(NC(=O)C3CC3)nc2[nH]1. The largest absolute Gasteiger partial charge is 0.461 e. The first kappa shape index (κ1) is 22.1. The summed E-state index contributed by atoms with van der Waals surface area (Å²) in [4.78, 5) is 24.4. The minimum absolute atomic E-state index is 0.0236. The number of nitrogens with zero attached hydrogens (tertiary/aromatic N) is 2. The molecular weight excluding hydrogens is 454 g/mol. The van der Waals surface area contributed by atoms with Gasteiger partial charge in [0.1, 0.15) is 28.7 Å². The van der Waals surface area contributed by atoms with Crippen LogP contribution in [-0.4, -0.2) is 35.5 Å². The first-order valence-corrected chi connectivity index (χ1v) is 12.8. The lowest BCUT2D eigenvalue weighted by molar-refractivity contribution is -0.117. The molecule has 0 atom stereocenters. The third kappa shape index (κ3) is 4.28. The second-order valence-corrected chi connectivity index (χ2v) is 10.8. The van der Waals surface area contributed by atoms with Gasteiger partial charge in [-0.1, -0.05) is 0 Å². The first-order chi connectivity index (χ1) is 16.1. The predicted molar refractivity (Wildman–Crippen MR) is 130 cm³/mol. The monoisotopic (exact) mass is 479 g/mol. The Labute approximate surface area is 196 Å². The van der Waals surface area contributed by atoms with Gasteiger partial charge in [0.05, 0.1) is 16.3 Å². The van der Waals surface area contributed by atoms with E-state index in [0.717, 1.165) is 24.2 Å². The van der Waals surface area contributed by atoms with E-state index in [-0.39, 0.29) is 16.7 Å². The molecule has 1 aliphatic rings. The van der Waals surface area contributed by atoms with Gasteiger partial charge in [-0.2, -0.15) is 0 Å². The highest BCUT2D eigenvalue weighted by Gasteiger charge is 2.30. The summed E-state index contributed by atoms with van der Waals surface area (Å²) in [5, 5.41) is 6.06. The number of pyridine rings is 1. The zero-order valence-corrected chi connectivity index (χ0v) is 20.1. The van der Waals surface area contributed by atoms with E-state index in [1.165, 1.54) is 6.26 Å². The van der Waals surface area contributed by atoms with Crippen molar-refractivity contribution in [3.05, 3.63) is 47.5 Å². The van der Waals surface area contributed by atoms with E-state index in [1.54, 1.807) is 25.1 Å². The van der Waals surface area contributed by atoms with Gasteiger partial charge < -0.3 is 20.0 Å². The maximum Gasteiger partial charge on any atom is 0.228 e. The zero-order chi connectivity index (χ0) is 24.2. The Hall–Kier alpha value is -3.66. The van der Waals surface area contributed by atoms with Crippen LogP contribution in [0, 0.1) is 26.7 Å². The van der Waals surface area contributed by atoms with Crippen molar-refractivity contribution >= 4 is 44.1 Å². The molecule has 3 N–H and O–H groups in total. The zero-order valence-electron chi connectivity index (χ0n) is 19.3. The number of hydrogen-bond acceptors (Lipinski definition) is 7. The number of carbonyl (C=O) groups excluding carboxylic acids is 1. The lowest BCUT2D eigenvalue weighted by Gasteiger charge is -2.14. The molecule has 1 aromatic carbocycles. The maximum absolute atomic E-state index is 12.7. The third-order valence-corrected chi connectivity index (χ3v) is 6.86. The van der Waals surface area contributed by atoms with Crippen LogP contribution in [0.15, 0.2) is 39.6 Å². The van der Waals surface area contributed by atoms with E-state index >= 15 is 0 Å². The van der Waals surface area contributed by atoms with Crippen molar-refractivity contribution in [2.24, 2.45) is 5.92 Å². The van der Waals surface area contributed by atoms with Crippen LogP contribution in [0.1, 0.15) is 30.0 Å². The molecule has 4 aromatic rings. The number of imidazole rings is 1. The van der Waals surface area contributed by atoms with Gasteiger partial charge in [0.25, 0.3) is 0 Å². The Kier molecular flexibility index (Phi) is 5.20. The van der Waals surface area contributed by atoms with E-state index in [9.17, 15) is 13.2 Å². The molecule has 34 heavy (non-hydrogen) atoms. The average Bonchev–Trinajstić information content (AvgIpc) is 3.45. The summed E-state index contributed by atoms with van der Waals surface area (Å²) in [6.07, 6.45) is 2.92. The number of hydrogen-bond donors (Lipinski definition) is 3. The number of benzene rings is 1.